The molecule has 2 aliphatic heterocycles. The molecule has 0 saturated heterocycles. The lowest BCUT2D eigenvalue weighted by molar-refractivity contribution is 0.332. The molecule has 0 bridgehead atoms. The minimum Gasteiger partial charge on any atom is -0.456 e. The molecule has 4 heteroatoms. The SMILES string of the molecule is CC(C)(C)c1ccc(N2B3c4cc5c(cc4-n4c6ccc(C(C)(C)C)cc6c6c7c(c(c3c64)-c3cc4c(cc32)C(C)(C)CCC4(C)C)-c2ccccc2C7(C)C)oc2ccccc25)cc1. The highest BCUT2D eigenvalue weighted by Crippen LogP contribution is 2.60. The number of benzene rings is 7. The number of furan rings is 1. The summed E-state index contributed by atoms with van der Waals surface area (Å²) in [5.41, 5.74) is 24.9. The van der Waals surface area contributed by atoms with Gasteiger partial charge in [0.05, 0.1) is 11.0 Å². The molecule has 0 amide bonds. The number of fused-ring (bicyclic) bond motifs is 17. The van der Waals surface area contributed by atoms with E-state index < -0.39 is 0 Å². The Morgan fingerprint density at radius 3 is 1.94 bits per heavy atom. The molecular formula is C61H59BN2O. The molecule has 65 heavy (non-hydrogen) atoms. The van der Waals surface area contributed by atoms with Crippen molar-refractivity contribution in [3.63, 3.8) is 0 Å². The van der Waals surface area contributed by atoms with E-state index in [1.54, 1.807) is 0 Å². The van der Waals surface area contributed by atoms with E-state index in [9.17, 15) is 0 Å². The minimum atomic E-state index is -0.244. The number of para-hydroxylation sites is 1. The lowest BCUT2D eigenvalue weighted by Crippen LogP contribution is -2.61. The van der Waals surface area contributed by atoms with Gasteiger partial charge >= 0.3 is 6.85 Å². The van der Waals surface area contributed by atoms with E-state index in [0.717, 1.165) is 23.0 Å². The van der Waals surface area contributed by atoms with Gasteiger partial charge in [-0.1, -0.05) is 150 Å². The number of hydrogen-bond donors (Lipinski definition) is 0. The van der Waals surface area contributed by atoms with Crippen molar-refractivity contribution in [1.82, 2.24) is 4.57 Å². The van der Waals surface area contributed by atoms with E-state index in [-0.39, 0.29) is 33.9 Å². The Morgan fingerprint density at radius 1 is 0.554 bits per heavy atom. The fourth-order valence-electron chi connectivity index (χ4n) is 13.0. The maximum absolute atomic E-state index is 6.80. The molecule has 322 valence electrons. The molecule has 0 N–H and O–H groups in total. The number of aromatic nitrogens is 1. The van der Waals surface area contributed by atoms with Gasteiger partial charge in [-0.25, -0.2) is 0 Å². The summed E-state index contributed by atoms with van der Waals surface area (Å²) in [7, 11) is 0. The van der Waals surface area contributed by atoms with Crippen molar-refractivity contribution in [3.05, 3.63) is 149 Å². The third-order valence-electron chi connectivity index (χ3n) is 16.7. The van der Waals surface area contributed by atoms with Gasteiger partial charge in [0.15, 0.2) is 0 Å². The van der Waals surface area contributed by atoms with Gasteiger partial charge < -0.3 is 13.8 Å². The minimum absolute atomic E-state index is 0.0197. The summed E-state index contributed by atoms with van der Waals surface area (Å²) in [6, 6.07) is 45.1. The Morgan fingerprint density at radius 2 is 1.22 bits per heavy atom. The summed E-state index contributed by atoms with van der Waals surface area (Å²) in [6.07, 6.45) is 2.33. The van der Waals surface area contributed by atoms with Gasteiger partial charge in [-0.3, -0.25) is 0 Å². The van der Waals surface area contributed by atoms with Gasteiger partial charge in [-0.2, -0.15) is 0 Å². The highest BCUT2D eigenvalue weighted by molar-refractivity contribution is 6.94. The predicted octanol–water partition coefficient (Wildman–Crippen LogP) is 15.2. The maximum atomic E-state index is 6.80. The normalized spacial score (nSPS) is 17.4. The fourth-order valence-corrected chi connectivity index (χ4v) is 13.0. The zero-order valence-corrected chi connectivity index (χ0v) is 40.3. The van der Waals surface area contributed by atoms with E-state index in [1.165, 1.54) is 117 Å². The van der Waals surface area contributed by atoms with Crippen molar-refractivity contribution < 1.29 is 4.42 Å². The summed E-state index contributed by atoms with van der Waals surface area (Å²) in [6.45, 7) is 28.8. The first-order valence-corrected chi connectivity index (χ1v) is 24.1. The predicted molar refractivity (Wildman–Crippen MR) is 277 cm³/mol. The molecule has 0 fully saturated rings. The van der Waals surface area contributed by atoms with Gasteiger partial charge in [-0.05, 0) is 138 Å². The largest absolute Gasteiger partial charge is 0.456 e. The molecule has 2 aliphatic carbocycles. The van der Waals surface area contributed by atoms with Crippen molar-refractivity contribution in [2.75, 3.05) is 4.81 Å². The van der Waals surface area contributed by atoms with E-state index >= 15 is 0 Å². The molecule has 0 spiro atoms. The molecule has 0 saturated carbocycles. The van der Waals surface area contributed by atoms with Crippen LogP contribution < -0.4 is 15.7 Å². The Kier molecular flexibility index (Phi) is 7.43. The van der Waals surface area contributed by atoms with Gasteiger partial charge in [0.1, 0.15) is 11.2 Å². The zero-order valence-electron chi connectivity index (χ0n) is 40.3. The molecule has 2 aromatic heterocycles. The van der Waals surface area contributed by atoms with E-state index in [0.29, 0.717) is 0 Å². The maximum Gasteiger partial charge on any atom is 0.333 e. The summed E-state index contributed by atoms with van der Waals surface area (Å²) < 4.78 is 9.46. The molecular weight excluding hydrogens is 787 g/mol. The first-order valence-electron chi connectivity index (χ1n) is 24.1. The first-order chi connectivity index (χ1) is 30.8. The number of hydrogen-bond acceptors (Lipinski definition) is 2. The molecule has 3 nitrogen and oxygen atoms in total. The van der Waals surface area contributed by atoms with E-state index in [1.807, 2.05) is 0 Å². The van der Waals surface area contributed by atoms with Crippen molar-refractivity contribution in [2.24, 2.45) is 0 Å². The van der Waals surface area contributed by atoms with Crippen molar-refractivity contribution in [3.8, 4) is 27.9 Å². The van der Waals surface area contributed by atoms with Crippen LogP contribution in [0.1, 0.15) is 129 Å². The Balaban J connectivity index is 1.29. The smallest absolute Gasteiger partial charge is 0.333 e. The molecule has 0 unspecified atom stereocenters. The van der Waals surface area contributed by atoms with Crippen LogP contribution in [-0.2, 0) is 27.1 Å². The van der Waals surface area contributed by atoms with Crippen LogP contribution in [0.3, 0.4) is 0 Å². The lowest BCUT2D eigenvalue weighted by atomic mass is 9.43. The molecule has 0 radical (unpaired) electrons. The second kappa shape index (κ2) is 12.3. The monoisotopic (exact) mass is 846 g/mol. The molecule has 9 aromatic rings. The molecule has 7 aromatic carbocycles. The standard InChI is InChI=1S/C61H59BN2O/c1-57(2,3)34-21-24-36(25-22-34)64-47-32-44-43(59(7,8)27-28-60(44,9)10)30-41(47)52-51-38-18-13-15-19-42(38)61(11,12)54(51)53-40-29-35(58(4,5)6)23-26-46(40)63-48-33-50-39(37-17-14-16-20-49(37)65-50)31-45(48)62(64)55(52)56(53)63/h13-26,29-33H,27-28H2,1-12H3. The second-order valence-corrected chi connectivity index (χ2v) is 24.0. The second-order valence-electron chi connectivity index (χ2n) is 24.0. The van der Waals surface area contributed by atoms with Crippen LogP contribution in [0.2, 0.25) is 0 Å². The van der Waals surface area contributed by atoms with Crippen molar-refractivity contribution >= 4 is 72.9 Å². The Bertz CT molecular complexity index is 3600. The average molecular weight is 847 g/mol. The third kappa shape index (κ3) is 5.04. The Hall–Kier alpha value is -6.00. The number of anilines is 2. The van der Waals surface area contributed by atoms with Gasteiger partial charge in [-0.15, -0.1) is 0 Å². The van der Waals surface area contributed by atoms with Crippen molar-refractivity contribution in [1.29, 1.82) is 0 Å². The Labute approximate surface area is 384 Å². The van der Waals surface area contributed by atoms with E-state index in [4.69, 9.17) is 4.42 Å². The average Bonchev–Trinajstić information content (AvgIpc) is 3.88. The van der Waals surface area contributed by atoms with Gasteiger partial charge in [0.25, 0.3) is 0 Å². The highest BCUT2D eigenvalue weighted by atomic mass is 16.3. The van der Waals surface area contributed by atoms with E-state index in [2.05, 4.69) is 208 Å². The molecule has 4 aliphatic rings. The van der Waals surface area contributed by atoms with Crippen LogP contribution in [0, 0.1) is 0 Å². The van der Waals surface area contributed by atoms with Crippen LogP contribution in [-0.4, -0.2) is 11.4 Å². The first kappa shape index (κ1) is 39.4. The number of nitrogens with zero attached hydrogens (tertiary/aromatic N) is 2. The van der Waals surface area contributed by atoms with Crippen LogP contribution >= 0.6 is 0 Å². The van der Waals surface area contributed by atoms with Crippen molar-refractivity contribution in [2.45, 2.75) is 123 Å². The summed E-state index contributed by atoms with van der Waals surface area (Å²) >= 11 is 0. The van der Waals surface area contributed by atoms with Crippen LogP contribution in [0.5, 0.6) is 0 Å². The summed E-state index contributed by atoms with van der Waals surface area (Å²) in [5.74, 6) is 0. The fraction of sp³-hybridized carbons (Fsp3) is 0.311. The van der Waals surface area contributed by atoms with Crippen LogP contribution in [0.15, 0.2) is 120 Å². The van der Waals surface area contributed by atoms with Gasteiger partial charge in [0, 0.05) is 55.7 Å². The summed E-state index contributed by atoms with van der Waals surface area (Å²) in [4.78, 5) is 2.76. The topological polar surface area (TPSA) is 21.3 Å². The zero-order chi connectivity index (χ0) is 45.1. The molecule has 0 atom stereocenters. The van der Waals surface area contributed by atoms with Crippen LogP contribution in [0.4, 0.5) is 11.4 Å². The quantitative estimate of drug-likeness (QED) is 0.154. The third-order valence-corrected chi connectivity index (χ3v) is 16.7. The molecule has 13 rings (SSSR count). The van der Waals surface area contributed by atoms with Crippen LogP contribution in [0.25, 0.3) is 71.7 Å². The lowest BCUT2D eigenvalue weighted by Gasteiger charge is -2.47. The summed E-state index contributed by atoms with van der Waals surface area (Å²) in [5, 5.41) is 5.06. The highest BCUT2D eigenvalue weighted by Gasteiger charge is 2.51. The number of rotatable bonds is 1. The van der Waals surface area contributed by atoms with Gasteiger partial charge in [0.2, 0.25) is 0 Å². The molecule has 4 heterocycles.